The number of aromatic nitrogens is 4. The zero-order chi connectivity index (χ0) is 23.0. The SMILES string of the molecule is C=CCn1c(S[C@H](C(=O)Nc2ccc(OC)cc2)c2ccccc2)nnc1-c1ccncc1. The molecule has 7 nitrogen and oxygen atoms in total. The van der Waals surface area contributed by atoms with Crippen molar-refractivity contribution in [3.05, 3.63) is 97.3 Å². The van der Waals surface area contributed by atoms with Crippen molar-refractivity contribution >= 4 is 23.4 Å². The molecule has 4 aromatic rings. The van der Waals surface area contributed by atoms with E-state index in [2.05, 4.69) is 27.1 Å². The van der Waals surface area contributed by atoms with Gasteiger partial charge in [-0.2, -0.15) is 0 Å². The molecule has 2 heterocycles. The summed E-state index contributed by atoms with van der Waals surface area (Å²) < 4.78 is 7.15. The molecule has 33 heavy (non-hydrogen) atoms. The summed E-state index contributed by atoms with van der Waals surface area (Å²) in [5, 5.41) is 11.9. The number of methoxy groups -OCH3 is 1. The molecule has 0 bridgehead atoms. The molecule has 0 aliphatic rings. The number of nitrogens with one attached hydrogen (secondary N) is 1. The van der Waals surface area contributed by atoms with Gasteiger partial charge in [-0.1, -0.05) is 48.2 Å². The molecule has 0 unspecified atom stereocenters. The summed E-state index contributed by atoms with van der Waals surface area (Å²) in [6.07, 6.45) is 5.21. The van der Waals surface area contributed by atoms with Crippen LogP contribution in [0.1, 0.15) is 10.8 Å². The summed E-state index contributed by atoms with van der Waals surface area (Å²) in [5.74, 6) is 1.26. The molecule has 1 amide bonds. The molecule has 0 saturated heterocycles. The molecule has 0 aliphatic heterocycles. The van der Waals surface area contributed by atoms with Crippen LogP contribution in [0.25, 0.3) is 11.4 Å². The van der Waals surface area contributed by atoms with Crippen molar-refractivity contribution < 1.29 is 9.53 Å². The Hall–Kier alpha value is -3.91. The Bertz CT molecular complexity index is 1210. The van der Waals surface area contributed by atoms with Gasteiger partial charge in [0, 0.05) is 30.2 Å². The molecule has 4 rings (SSSR count). The topological polar surface area (TPSA) is 81.9 Å². The molecule has 2 aromatic heterocycles. The quantitative estimate of drug-likeness (QED) is 0.281. The van der Waals surface area contributed by atoms with E-state index in [0.717, 1.165) is 16.9 Å². The van der Waals surface area contributed by atoms with E-state index in [1.165, 1.54) is 11.8 Å². The maximum Gasteiger partial charge on any atom is 0.242 e. The number of anilines is 1. The summed E-state index contributed by atoms with van der Waals surface area (Å²) in [6.45, 7) is 4.37. The van der Waals surface area contributed by atoms with Crippen LogP contribution in [-0.4, -0.2) is 32.8 Å². The minimum Gasteiger partial charge on any atom is -0.497 e. The second kappa shape index (κ2) is 10.6. The predicted octanol–water partition coefficient (Wildman–Crippen LogP) is 5.01. The average molecular weight is 458 g/mol. The Labute approximate surface area is 196 Å². The molecule has 2 aromatic carbocycles. The van der Waals surface area contributed by atoms with E-state index in [1.54, 1.807) is 25.6 Å². The van der Waals surface area contributed by atoms with Gasteiger partial charge in [0.25, 0.3) is 0 Å². The number of ether oxygens (including phenoxy) is 1. The number of rotatable bonds is 9. The molecular weight excluding hydrogens is 434 g/mol. The molecule has 0 fully saturated rings. The number of carbonyl (C=O) groups excluding carboxylic acids is 1. The molecule has 0 saturated carbocycles. The average Bonchev–Trinajstić information content (AvgIpc) is 3.26. The number of amides is 1. The summed E-state index contributed by atoms with van der Waals surface area (Å²) in [4.78, 5) is 17.4. The summed E-state index contributed by atoms with van der Waals surface area (Å²) >= 11 is 1.35. The van der Waals surface area contributed by atoms with Crippen LogP contribution in [0.3, 0.4) is 0 Å². The monoisotopic (exact) mass is 457 g/mol. The lowest BCUT2D eigenvalue weighted by atomic mass is 10.1. The molecule has 8 heteroatoms. The Balaban J connectivity index is 1.65. The van der Waals surface area contributed by atoms with E-state index in [1.807, 2.05) is 71.3 Å². The van der Waals surface area contributed by atoms with Crippen molar-refractivity contribution in [2.45, 2.75) is 17.0 Å². The first-order chi connectivity index (χ1) is 16.2. The third kappa shape index (κ3) is 5.30. The van der Waals surface area contributed by atoms with Crippen LogP contribution in [0.2, 0.25) is 0 Å². The Morgan fingerprint density at radius 2 is 1.82 bits per heavy atom. The number of benzene rings is 2. The van der Waals surface area contributed by atoms with Crippen LogP contribution in [0.15, 0.2) is 96.9 Å². The number of nitrogens with zero attached hydrogens (tertiary/aromatic N) is 4. The largest absolute Gasteiger partial charge is 0.497 e. The summed E-state index contributed by atoms with van der Waals surface area (Å²) in [6, 6.07) is 20.6. The molecular formula is C25H23N5O2S. The molecule has 1 atom stereocenters. The van der Waals surface area contributed by atoms with Gasteiger partial charge in [0.15, 0.2) is 11.0 Å². The highest BCUT2D eigenvalue weighted by Gasteiger charge is 2.26. The van der Waals surface area contributed by atoms with E-state index in [9.17, 15) is 4.79 Å². The van der Waals surface area contributed by atoms with E-state index in [-0.39, 0.29) is 5.91 Å². The van der Waals surface area contributed by atoms with Gasteiger partial charge in [-0.3, -0.25) is 14.3 Å². The molecule has 0 spiro atoms. The van der Waals surface area contributed by atoms with Gasteiger partial charge in [-0.15, -0.1) is 16.8 Å². The zero-order valence-electron chi connectivity index (χ0n) is 18.1. The lowest BCUT2D eigenvalue weighted by Crippen LogP contribution is -2.19. The van der Waals surface area contributed by atoms with Crippen molar-refractivity contribution in [3.63, 3.8) is 0 Å². The molecule has 0 aliphatic carbocycles. The van der Waals surface area contributed by atoms with E-state index < -0.39 is 5.25 Å². The first-order valence-electron chi connectivity index (χ1n) is 10.3. The van der Waals surface area contributed by atoms with Gasteiger partial charge in [0.05, 0.1) is 7.11 Å². The number of thioether (sulfide) groups is 1. The fourth-order valence-corrected chi connectivity index (χ4v) is 4.32. The van der Waals surface area contributed by atoms with Crippen LogP contribution in [0.5, 0.6) is 5.75 Å². The summed E-state index contributed by atoms with van der Waals surface area (Å²) in [7, 11) is 1.61. The first kappa shape index (κ1) is 22.3. The van der Waals surface area contributed by atoms with Crippen molar-refractivity contribution in [2.75, 3.05) is 12.4 Å². The zero-order valence-corrected chi connectivity index (χ0v) is 18.9. The van der Waals surface area contributed by atoms with Gasteiger partial charge < -0.3 is 10.1 Å². The fourth-order valence-electron chi connectivity index (χ4n) is 3.27. The highest BCUT2D eigenvalue weighted by atomic mass is 32.2. The van der Waals surface area contributed by atoms with Gasteiger partial charge in [0.1, 0.15) is 11.0 Å². The van der Waals surface area contributed by atoms with Crippen molar-refractivity contribution in [2.24, 2.45) is 0 Å². The number of allylic oxidation sites excluding steroid dienone is 1. The highest BCUT2D eigenvalue weighted by molar-refractivity contribution is 8.00. The Kier molecular flexibility index (Phi) is 7.16. The van der Waals surface area contributed by atoms with E-state index in [4.69, 9.17) is 4.74 Å². The number of pyridine rings is 1. The van der Waals surface area contributed by atoms with Crippen LogP contribution in [0, 0.1) is 0 Å². The number of carbonyl (C=O) groups is 1. The lowest BCUT2D eigenvalue weighted by Gasteiger charge is -2.17. The normalized spacial score (nSPS) is 11.5. The van der Waals surface area contributed by atoms with Crippen LogP contribution in [0.4, 0.5) is 5.69 Å². The highest BCUT2D eigenvalue weighted by Crippen LogP contribution is 2.37. The van der Waals surface area contributed by atoms with E-state index >= 15 is 0 Å². The van der Waals surface area contributed by atoms with Crippen LogP contribution < -0.4 is 10.1 Å². The van der Waals surface area contributed by atoms with E-state index in [0.29, 0.717) is 23.2 Å². The van der Waals surface area contributed by atoms with Crippen molar-refractivity contribution in [3.8, 4) is 17.1 Å². The minimum atomic E-state index is -0.536. The van der Waals surface area contributed by atoms with Gasteiger partial charge in [0.2, 0.25) is 5.91 Å². The Morgan fingerprint density at radius 3 is 2.48 bits per heavy atom. The standard InChI is InChI=1S/C25H23N5O2S/c1-3-17-30-23(19-13-15-26-16-14-19)28-29-25(30)33-22(18-7-5-4-6-8-18)24(31)27-20-9-11-21(32-2)12-10-20/h3-16,22H,1,17H2,2H3,(H,27,31)/t22-/m0/s1. The second-order valence-electron chi connectivity index (χ2n) is 7.07. The number of hydrogen-bond donors (Lipinski definition) is 1. The third-order valence-corrected chi connectivity index (χ3v) is 6.12. The van der Waals surface area contributed by atoms with Gasteiger partial charge in [-0.05, 0) is 42.0 Å². The van der Waals surface area contributed by atoms with Crippen molar-refractivity contribution in [1.82, 2.24) is 19.7 Å². The minimum absolute atomic E-state index is 0.157. The maximum atomic E-state index is 13.4. The smallest absolute Gasteiger partial charge is 0.242 e. The fraction of sp³-hybridized carbons (Fsp3) is 0.120. The lowest BCUT2D eigenvalue weighted by molar-refractivity contribution is -0.115. The first-order valence-corrected chi connectivity index (χ1v) is 11.2. The van der Waals surface area contributed by atoms with Crippen molar-refractivity contribution in [1.29, 1.82) is 0 Å². The predicted molar refractivity (Wildman–Crippen MR) is 130 cm³/mol. The van der Waals surface area contributed by atoms with Crippen LogP contribution in [-0.2, 0) is 11.3 Å². The number of hydrogen-bond acceptors (Lipinski definition) is 6. The second-order valence-corrected chi connectivity index (χ2v) is 8.14. The summed E-state index contributed by atoms with van der Waals surface area (Å²) in [5.41, 5.74) is 2.45. The Morgan fingerprint density at radius 1 is 1.09 bits per heavy atom. The van der Waals surface area contributed by atoms with Gasteiger partial charge in [-0.25, -0.2) is 0 Å². The maximum absolute atomic E-state index is 13.4. The molecule has 0 radical (unpaired) electrons. The third-order valence-electron chi connectivity index (χ3n) is 4.89. The van der Waals surface area contributed by atoms with Crippen LogP contribution >= 0.6 is 11.8 Å². The molecule has 1 N–H and O–H groups in total. The molecule has 166 valence electrons. The van der Waals surface area contributed by atoms with Gasteiger partial charge >= 0.3 is 0 Å².